The van der Waals surface area contributed by atoms with E-state index in [4.69, 9.17) is 23.2 Å². The summed E-state index contributed by atoms with van der Waals surface area (Å²) in [5, 5.41) is 0. The fourth-order valence-corrected chi connectivity index (χ4v) is 14.3. The van der Waals surface area contributed by atoms with Crippen molar-refractivity contribution in [3.63, 3.8) is 0 Å². The van der Waals surface area contributed by atoms with E-state index in [0.717, 1.165) is 0 Å². The van der Waals surface area contributed by atoms with Crippen LogP contribution >= 0.6 is 23.2 Å². The maximum atomic E-state index is 6.81. The molecule has 2 aliphatic rings. The van der Waals surface area contributed by atoms with Gasteiger partial charge in [0, 0.05) is 0 Å². The van der Waals surface area contributed by atoms with Crippen molar-refractivity contribution in [3.8, 4) is 0 Å². The Morgan fingerprint density at radius 3 is 1.54 bits per heavy atom. The van der Waals surface area contributed by atoms with Gasteiger partial charge in [-0.05, 0) is 0 Å². The molecule has 4 rings (SSSR count). The minimum atomic E-state index is -0.812. The van der Waals surface area contributed by atoms with Gasteiger partial charge in [0.15, 0.2) is 0 Å². The summed E-state index contributed by atoms with van der Waals surface area (Å²) >= 11 is 12.0. The van der Waals surface area contributed by atoms with Gasteiger partial charge in [0.25, 0.3) is 0 Å². The zero-order valence-electron chi connectivity index (χ0n) is 13.0. The molecule has 2 aliphatic carbocycles. The SMILES string of the molecule is Cl[CH]([Zr][CH]1C=Cc2ccccc21)[CH](Cl)[Zr][CH]1C=Cc2ccccc21. The molecule has 0 spiro atoms. The van der Waals surface area contributed by atoms with Gasteiger partial charge < -0.3 is 0 Å². The zero-order chi connectivity index (χ0) is 16.5. The third-order valence-electron chi connectivity index (χ3n) is 4.53. The molecule has 0 saturated heterocycles. The van der Waals surface area contributed by atoms with Crippen LogP contribution in [0.25, 0.3) is 12.2 Å². The molecule has 0 aromatic heterocycles. The molecule has 2 aromatic carbocycles. The summed E-state index contributed by atoms with van der Waals surface area (Å²) in [4.78, 5) is 0. The molecule has 0 fully saturated rings. The van der Waals surface area contributed by atoms with E-state index in [1.807, 2.05) is 0 Å². The summed E-state index contributed by atoms with van der Waals surface area (Å²) < 4.78 is 1.59. The summed E-state index contributed by atoms with van der Waals surface area (Å²) in [6.07, 6.45) is 9.21. The molecule has 4 unspecified atom stereocenters. The predicted octanol–water partition coefficient (Wildman–Crippen LogP) is 5.82. The van der Waals surface area contributed by atoms with Crippen LogP contribution in [-0.4, -0.2) is 6.17 Å². The summed E-state index contributed by atoms with van der Waals surface area (Å²) in [7, 11) is 0. The Hall–Kier alpha value is 0.266. The van der Waals surface area contributed by atoms with Crippen LogP contribution in [0.5, 0.6) is 0 Å². The maximum absolute atomic E-state index is 6.81. The average Bonchev–Trinajstić information content (AvgIpc) is 3.20. The van der Waals surface area contributed by atoms with E-state index >= 15 is 0 Å². The molecule has 0 aliphatic heterocycles. The fourth-order valence-electron chi connectivity index (χ4n) is 3.30. The Bertz CT molecular complexity index is 732. The molecule has 0 N–H and O–H groups in total. The van der Waals surface area contributed by atoms with Crippen molar-refractivity contribution < 1.29 is 46.5 Å². The number of fused-ring (bicyclic) bond motifs is 2. The Kier molecular flexibility index (Phi) is 5.80. The van der Waals surface area contributed by atoms with Crippen molar-refractivity contribution in [2.75, 3.05) is 0 Å². The first-order valence-electron chi connectivity index (χ1n) is 8.07. The standard InChI is InChI=1S/2C9H7.C2H2Cl2.2Zr/c2*1-2-5-9-7-3-6-8(9)4-1;3-1-2-4;;/h2*1-7H;1-2H;;. The molecular weight excluding hydrogens is 494 g/mol. The van der Waals surface area contributed by atoms with Crippen LogP contribution in [0.15, 0.2) is 60.7 Å². The number of hydrogen-bond donors (Lipinski definition) is 0. The summed E-state index contributed by atoms with van der Waals surface area (Å²) in [5.41, 5.74) is 5.67. The fraction of sp³-hybridized carbons (Fsp3) is 0.200. The van der Waals surface area contributed by atoms with Gasteiger partial charge in [-0.25, -0.2) is 0 Å². The second-order valence-corrected chi connectivity index (χ2v) is 16.6. The quantitative estimate of drug-likeness (QED) is 0.446. The average molecular weight is 510 g/mol. The second kappa shape index (κ2) is 7.88. The van der Waals surface area contributed by atoms with Gasteiger partial charge >= 0.3 is 178 Å². The van der Waals surface area contributed by atoms with E-state index < -0.39 is 46.5 Å². The molecule has 0 radical (unpaired) electrons. The first-order chi connectivity index (χ1) is 11.7. The van der Waals surface area contributed by atoms with E-state index in [2.05, 4.69) is 72.8 Å². The van der Waals surface area contributed by atoms with Crippen LogP contribution in [0, 0.1) is 0 Å². The summed E-state index contributed by atoms with van der Waals surface area (Å²) in [6, 6.07) is 17.4. The molecule has 0 amide bonds. The van der Waals surface area contributed by atoms with E-state index in [1.54, 1.807) is 0 Å². The molecule has 24 heavy (non-hydrogen) atoms. The van der Waals surface area contributed by atoms with Crippen LogP contribution in [0.3, 0.4) is 0 Å². The molecule has 0 bridgehead atoms. The Balaban J connectivity index is 1.40. The van der Waals surface area contributed by atoms with Gasteiger partial charge in [-0.3, -0.25) is 0 Å². The third-order valence-corrected chi connectivity index (χ3v) is 17.2. The van der Waals surface area contributed by atoms with Gasteiger partial charge in [-0.15, -0.1) is 0 Å². The van der Waals surface area contributed by atoms with Crippen LogP contribution in [-0.2, 0) is 46.5 Å². The van der Waals surface area contributed by atoms with Crippen molar-refractivity contribution in [1.82, 2.24) is 0 Å². The predicted molar refractivity (Wildman–Crippen MR) is 95.7 cm³/mol. The topological polar surface area (TPSA) is 0 Å². The molecule has 2 aromatic rings. The van der Waals surface area contributed by atoms with Crippen LogP contribution in [0.4, 0.5) is 0 Å². The number of hydrogen-bond acceptors (Lipinski definition) is 0. The van der Waals surface area contributed by atoms with Gasteiger partial charge in [-0.2, -0.15) is 0 Å². The molecule has 0 nitrogen and oxygen atoms in total. The van der Waals surface area contributed by atoms with Crippen molar-refractivity contribution in [2.45, 2.75) is 13.4 Å². The number of rotatable bonds is 5. The van der Waals surface area contributed by atoms with Crippen LogP contribution in [0.1, 0.15) is 29.5 Å². The molecule has 0 saturated carbocycles. The van der Waals surface area contributed by atoms with E-state index in [1.165, 1.54) is 22.3 Å². The van der Waals surface area contributed by atoms with Crippen molar-refractivity contribution in [3.05, 3.63) is 82.9 Å². The van der Waals surface area contributed by atoms with Crippen molar-refractivity contribution >= 4 is 35.4 Å². The number of halogens is 2. The number of allylic oxidation sites excluding steroid dienone is 2. The molecule has 4 heteroatoms. The van der Waals surface area contributed by atoms with Crippen molar-refractivity contribution in [1.29, 1.82) is 0 Å². The first-order valence-corrected chi connectivity index (χ1v) is 14.6. The summed E-state index contributed by atoms with van der Waals surface area (Å²) in [5.74, 6) is 0. The summed E-state index contributed by atoms with van der Waals surface area (Å²) in [6.45, 7) is 0. The molecular formula is C20H16Cl2Zr2. The number of benzene rings is 2. The Morgan fingerprint density at radius 2 is 1.08 bits per heavy atom. The van der Waals surface area contributed by atoms with Gasteiger partial charge in [0.2, 0.25) is 0 Å². The normalized spacial score (nSPS) is 22.8. The zero-order valence-corrected chi connectivity index (χ0v) is 19.4. The number of alkyl halides is 2. The second-order valence-electron chi connectivity index (χ2n) is 6.07. The molecule has 118 valence electrons. The van der Waals surface area contributed by atoms with Gasteiger partial charge in [-0.1, -0.05) is 0 Å². The van der Waals surface area contributed by atoms with Gasteiger partial charge in [0.05, 0.1) is 0 Å². The van der Waals surface area contributed by atoms with Crippen LogP contribution in [0.2, 0.25) is 0 Å². The van der Waals surface area contributed by atoms with Crippen LogP contribution < -0.4 is 0 Å². The Labute approximate surface area is 176 Å². The van der Waals surface area contributed by atoms with Gasteiger partial charge in [0.1, 0.15) is 0 Å². The molecule has 4 atom stereocenters. The van der Waals surface area contributed by atoms with E-state index in [0.29, 0.717) is 7.25 Å². The third kappa shape index (κ3) is 3.69. The van der Waals surface area contributed by atoms with E-state index in [9.17, 15) is 0 Å². The van der Waals surface area contributed by atoms with E-state index in [-0.39, 0.29) is 6.17 Å². The minimum absolute atomic E-state index is 0.212. The Morgan fingerprint density at radius 1 is 0.667 bits per heavy atom. The first kappa shape index (κ1) is 17.7. The monoisotopic (exact) mass is 506 g/mol. The van der Waals surface area contributed by atoms with Crippen molar-refractivity contribution in [2.24, 2.45) is 0 Å². The molecule has 0 heterocycles.